The normalized spacial score (nSPS) is 13.8. The first-order valence-corrected chi connectivity index (χ1v) is 9.28. The van der Waals surface area contributed by atoms with Crippen LogP contribution in [0.4, 0.5) is 5.69 Å². The molecule has 0 heterocycles. The van der Waals surface area contributed by atoms with Crippen LogP contribution < -0.4 is 5.32 Å². The van der Waals surface area contributed by atoms with Crippen molar-refractivity contribution >= 4 is 21.6 Å². The minimum atomic E-state index is -3.46. The standard InChI is InChI=1S/C18H20N2O3S/c1-20(2)24(22,23)17-10-8-16(9-11-17)19-18(21)15-7-6-13-4-3-5-14(13)12-15/h6-12H,3-5H2,1-2H3,(H,19,21). The van der Waals surface area contributed by atoms with Gasteiger partial charge in [0.25, 0.3) is 5.91 Å². The van der Waals surface area contributed by atoms with Gasteiger partial charge in [0, 0.05) is 25.3 Å². The van der Waals surface area contributed by atoms with Crippen LogP contribution in [-0.4, -0.2) is 32.7 Å². The molecule has 0 aliphatic heterocycles. The van der Waals surface area contributed by atoms with Gasteiger partial charge in [0.2, 0.25) is 10.0 Å². The van der Waals surface area contributed by atoms with E-state index in [1.165, 1.54) is 37.4 Å². The molecule has 6 heteroatoms. The van der Waals surface area contributed by atoms with Crippen molar-refractivity contribution in [2.24, 2.45) is 0 Å². The number of nitrogens with zero attached hydrogens (tertiary/aromatic N) is 1. The Balaban J connectivity index is 1.75. The summed E-state index contributed by atoms with van der Waals surface area (Å²) >= 11 is 0. The Morgan fingerprint density at radius 3 is 2.33 bits per heavy atom. The van der Waals surface area contributed by atoms with Crippen LogP contribution in [0, 0.1) is 0 Å². The minimum Gasteiger partial charge on any atom is -0.322 e. The maximum atomic E-state index is 12.4. The average molecular weight is 344 g/mol. The van der Waals surface area contributed by atoms with E-state index in [1.54, 1.807) is 12.1 Å². The van der Waals surface area contributed by atoms with Crippen LogP contribution in [-0.2, 0) is 22.9 Å². The molecule has 0 radical (unpaired) electrons. The summed E-state index contributed by atoms with van der Waals surface area (Å²) in [6.45, 7) is 0. The van der Waals surface area contributed by atoms with E-state index in [4.69, 9.17) is 0 Å². The molecule has 24 heavy (non-hydrogen) atoms. The number of hydrogen-bond acceptors (Lipinski definition) is 3. The zero-order chi connectivity index (χ0) is 17.3. The van der Waals surface area contributed by atoms with Crippen molar-refractivity contribution < 1.29 is 13.2 Å². The van der Waals surface area contributed by atoms with Gasteiger partial charge in [0.15, 0.2) is 0 Å². The molecule has 0 spiro atoms. The third kappa shape index (κ3) is 3.20. The zero-order valence-electron chi connectivity index (χ0n) is 13.7. The van der Waals surface area contributed by atoms with Crippen LogP contribution in [0.5, 0.6) is 0 Å². The number of amides is 1. The minimum absolute atomic E-state index is 0.187. The van der Waals surface area contributed by atoms with Gasteiger partial charge in [-0.25, -0.2) is 12.7 Å². The Bertz CT molecular complexity index is 872. The molecule has 3 rings (SSSR count). The van der Waals surface area contributed by atoms with Gasteiger partial charge >= 0.3 is 0 Å². The highest BCUT2D eigenvalue weighted by Crippen LogP contribution is 2.23. The zero-order valence-corrected chi connectivity index (χ0v) is 14.6. The van der Waals surface area contributed by atoms with Gasteiger partial charge in [-0.3, -0.25) is 4.79 Å². The average Bonchev–Trinajstić information content (AvgIpc) is 3.02. The van der Waals surface area contributed by atoms with Crippen molar-refractivity contribution in [3.05, 3.63) is 59.2 Å². The first kappa shape index (κ1) is 16.7. The van der Waals surface area contributed by atoms with Crippen molar-refractivity contribution in [3.8, 4) is 0 Å². The molecule has 2 aromatic rings. The predicted octanol–water partition coefficient (Wildman–Crippen LogP) is 2.68. The van der Waals surface area contributed by atoms with E-state index in [-0.39, 0.29) is 10.8 Å². The molecular formula is C18H20N2O3S. The smallest absolute Gasteiger partial charge is 0.255 e. The maximum Gasteiger partial charge on any atom is 0.255 e. The third-order valence-corrected chi connectivity index (χ3v) is 6.08. The second kappa shape index (κ2) is 6.37. The van der Waals surface area contributed by atoms with Crippen LogP contribution in [0.3, 0.4) is 0 Å². The molecule has 0 unspecified atom stereocenters. The van der Waals surface area contributed by atoms with Crippen LogP contribution in [0.15, 0.2) is 47.4 Å². The summed E-state index contributed by atoms with van der Waals surface area (Å²) in [5.41, 5.74) is 3.76. The topological polar surface area (TPSA) is 66.5 Å². The van der Waals surface area contributed by atoms with Crippen LogP contribution in [0.2, 0.25) is 0 Å². The molecule has 0 saturated heterocycles. The number of hydrogen-bond donors (Lipinski definition) is 1. The molecule has 126 valence electrons. The number of anilines is 1. The molecule has 1 aliphatic rings. The predicted molar refractivity (Wildman–Crippen MR) is 93.7 cm³/mol. The largest absolute Gasteiger partial charge is 0.322 e. The second-order valence-electron chi connectivity index (χ2n) is 6.10. The van der Waals surface area contributed by atoms with Crippen molar-refractivity contribution in [3.63, 3.8) is 0 Å². The van der Waals surface area contributed by atoms with E-state index in [9.17, 15) is 13.2 Å². The third-order valence-electron chi connectivity index (χ3n) is 4.25. The summed E-state index contributed by atoms with van der Waals surface area (Å²) in [5, 5.41) is 2.81. The molecule has 1 aliphatic carbocycles. The fourth-order valence-electron chi connectivity index (χ4n) is 2.84. The molecule has 0 fully saturated rings. The summed E-state index contributed by atoms with van der Waals surface area (Å²) in [5.74, 6) is -0.187. The number of carbonyl (C=O) groups excluding carboxylic acids is 1. The highest BCUT2D eigenvalue weighted by Gasteiger charge is 2.17. The van der Waals surface area contributed by atoms with E-state index in [2.05, 4.69) is 5.32 Å². The van der Waals surface area contributed by atoms with Gasteiger partial charge in [-0.15, -0.1) is 0 Å². The van der Waals surface area contributed by atoms with Crippen molar-refractivity contribution in [2.45, 2.75) is 24.2 Å². The molecule has 0 bridgehead atoms. The summed E-state index contributed by atoms with van der Waals surface area (Å²) in [6.07, 6.45) is 3.24. The number of carbonyl (C=O) groups is 1. The van der Waals surface area contributed by atoms with Crippen molar-refractivity contribution in [1.29, 1.82) is 0 Å². The van der Waals surface area contributed by atoms with E-state index < -0.39 is 10.0 Å². The molecule has 0 atom stereocenters. The van der Waals surface area contributed by atoms with Crippen LogP contribution in [0.25, 0.3) is 0 Å². The number of aryl methyl sites for hydroxylation is 2. The molecule has 0 saturated carbocycles. The molecule has 2 aromatic carbocycles. The SMILES string of the molecule is CN(C)S(=O)(=O)c1ccc(NC(=O)c2ccc3c(c2)CCC3)cc1. The molecule has 0 aromatic heterocycles. The van der Waals surface area contributed by atoms with E-state index in [0.29, 0.717) is 11.3 Å². The lowest BCUT2D eigenvalue weighted by molar-refractivity contribution is 0.102. The monoisotopic (exact) mass is 344 g/mol. The Morgan fingerprint density at radius 1 is 1.00 bits per heavy atom. The summed E-state index contributed by atoms with van der Waals surface area (Å²) < 4.78 is 25.2. The summed E-state index contributed by atoms with van der Waals surface area (Å²) in [7, 11) is -0.491. The highest BCUT2D eigenvalue weighted by atomic mass is 32.2. The number of fused-ring (bicyclic) bond motifs is 1. The lowest BCUT2D eigenvalue weighted by Crippen LogP contribution is -2.22. The van der Waals surface area contributed by atoms with Gasteiger partial charge in [-0.05, 0) is 66.8 Å². The first-order chi connectivity index (χ1) is 11.4. The number of rotatable bonds is 4. The van der Waals surface area contributed by atoms with Gasteiger partial charge in [0.05, 0.1) is 4.90 Å². The molecular weight excluding hydrogens is 324 g/mol. The fraction of sp³-hybridized carbons (Fsp3) is 0.278. The lowest BCUT2D eigenvalue weighted by Gasteiger charge is -2.12. The van der Waals surface area contributed by atoms with Gasteiger partial charge in [-0.1, -0.05) is 6.07 Å². The van der Waals surface area contributed by atoms with Crippen LogP contribution in [0.1, 0.15) is 27.9 Å². The van der Waals surface area contributed by atoms with E-state index >= 15 is 0 Å². The molecule has 5 nitrogen and oxygen atoms in total. The summed E-state index contributed by atoms with van der Waals surface area (Å²) in [6, 6.07) is 12.0. The van der Waals surface area contributed by atoms with Gasteiger partial charge in [-0.2, -0.15) is 0 Å². The Kier molecular flexibility index (Phi) is 4.43. The number of benzene rings is 2. The fourth-order valence-corrected chi connectivity index (χ4v) is 3.74. The van der Waals surface area contributed by atoms with E-state index in [1.807, 2.05) is 18.2 Å². The first-order valence-electron chi connectivity index (χ1n) is 7.84. The van der Waals surface area contributed by atoms with Gasteiger partial charge < -0.3 is 5.32 Å². The Hall–Kier alpha value is -2.18. The molecule has 1 amide bonds. The van der Waals surface area contributed by atoms with Crippen molar-refractivity contribution in [1.82, 2.24) is 4.31 Å². The lowest BCUT2D eigenvalue weighted by atomic mass is 10.1. The Morgan fingerprint density at radius 2 is 1.67 bits per heavy atom. The highest BCUT2D eigenvalue weighted by molar-refractivity contribution is 7.89. The second-order valence-corrected chi connectivity index (χ2v) is 8.25. The van der Waals surface area contributed by atoms with Crippen LogP contribution >= 0.6 is 0 Å². The van der Waals surface area contributed by atoms with E-state index in [0.717, 1.165) is 23.6 Å². The van der Waals surface area contributed by atoms with Gasteiger partial charge in [0.1, 0.15) is 0 Å². The number of nitrogens with one attached hydrogen (secondary N) is 1. The summed E-state index contributed by atoms with van der Waals surface area (Å²) in [4.78, 5) is 12.6. The quantitative estimate of drug-likeness (QED) is 0.927. The molecule has 1 N–H and O–H groups in total. The number of sulfonamides is 1. The maximum absolute atomic E-state index is 12.4. The van der Waals surface area contributed by atoms with Crippen molar-refractivity contribution in [2.75, 3.05) is 19.4 Å². The Labute approximate surface area is 142 Å².